The zero-order valence-corrected chi connectivity index (χ0v) is 13.7. The molecule has 3 aromatic rings. The average Bonchev–Trinajstić information content (AvgIpc) is 2.89. The summed E-state index contributed by atoms with van der Waals surface area (Å²) < 4.78 is 1.09. The molecule has 0 saturated heterocycles. The zero-order valence-electron chi connectivity index (χ0n) is 12.1. The molecule has 4 nitrogen and oxygen atoms in total. The molecule has 0 aliphatic carbocycles. The molecule has 0 atom stereocenters. The molecular formula is C16H15N3OS2. The van der Waals surface area contributed by atoms with Crippen LogP contribution in [0, 0.1) is 6.92 Å². The number of nitrogens with one attached hydrogen (secondary N) is 1. The fourth-order valence-electron chi connectivity index (χ4n) is 1.97. The molecule has 112 valence electrons. The maximum absolute atomic E-state index is 12.0. The minimum atomic E-state index is -0.0308. The number of amides is 1. The summed E-state index contributed by atoms with van der Waals surface area (Å²) in [5.74, 6) is 1.09. The Morgan fingerprint density at radius 3 is 3.05 bits per heavy atom. The number of aryl methyl sites for hydroxylation is 1. The number of carbonyl (C=O) groups excluding carboxylic acids is 1. The van der Waals surface area contributed by atoms with Crippen molar-refractivity contribution in [1.29, 1.82) is 0 Å². The highest BCUT2D eigenvalue weighted by Gasteiger charge is 2.08. The van der Waals surface area contributed by atoms with Gasteiger partial charge in [-0.2, -0.15) is 0 Å². The van der Waals surface area contributed by atoms with Gasteiger partial charge in [0.2, 0.25) is 5.91 Å². The van der Waals surface area contributed by atoms with Crippen LogP contribution in [0.4, 0.5) is 5.13 Å². The average molecular weight is 329 g/mol. The number of nitrogens with zero attached hydrogens (tertiary/aromatic N) is 2. The Bertz CT molecular complexity index is 786. The van der Waals surface area contributed by atoms with Crippen molar-refractivity contribution in [2.45, 2.75) is 12.7 Å². The Labute approximate surface area is 137 Å². The van der Waals surface area contributed by atoms with Crippen molar-refractivity contribution in [1.82, 2.24) is 9.97 Å². The second-order valence-corrected chi connectivity index (χ2v) is 6.87. The first-order valence-electron chi connectivity index (χ1n) is 6.85. The van der Waals surface area contributed by atoms with Crippen LogP contribution in [0.15, 0.2) is 42.6 Å². The van der Waals surface area contributed by atoms with Gasteiger partial charge in [0.1, 0.15) is 0 Å². The first-order chi connectivity index (χ1) is 10.7. The van der Waals surface area contributed by atoms with Gasteiger partial charge in [0.05, 0.1) is 21.7 Å². The molecule has 0 aliphatic rings. The van der Waals surface area contributed by atoms with Crippen LogP contribution in [0.3, 0.4) is 0 Å². The maximum Gasteiger partial charge on any atom is 0.236 e. The molecule has 6 heteroatoms. The predicted octanol–water partition coefficient (Wildman–Crippen LogP) is 3.87. The topological polar surface area (TPSA) is 54.9 Å². The molecule has 1 amide bonds. The lowest BCUT2D eigenvalue weighted by atomic mass is 10.2. The normalized spacial score (nSPS) is 10.8. The molecule has 0 bridgehead atoms. The minimum Gasteiger partial charge on any atom is -0.301 e. The van der Waals surface area contributed by atoms with E-state index in [0.717, 1.165) is 21.7 Å². The van der Waals surface area contributed by atoms with E-state index in [4.69, 9.17) is 0 Å². The van der Waals surface area contributed by atoms with E-state index >= 15 is 0 Å². The predicted molar refractivity (Wildman–Crippen MR) is 93.4 cm³/mol. The third-order valence-electron chi connectivity index (χ3n) is 3.00. The van der Waals surface area contributed by atoms with E-state index in [1.165, 1.54) is 16.9 Å². The number of hydrogen-bond donors (Lipinski definition) is 1. The van der Waals surface area contributed by atoms with Crippen LogP contribution < -0.4 is 5.32 Å². The van der Waals surface area contributed by atoms with Gasteiger partial charge in [-0.25, -0.2) is 4.98 Å². The van der Waals surface area contributed by atoms with Crippen molar-refractivity contribution in [2.24, 2.45) is 0 Å². The summed E-state index contributed by atoms with van der Waals surface area (Å²) in [6.45, 7) is 2.05. The number of pyridine rings is 1. The second kappa shape index (κ2) is 6.89. The van der Waals surface area contributed by atoms with Crippen LogP contribution in [-0.2, 0) is 10.5 Å². The van der Waals surface area contributed by atoms with Crippen LogP contribution in [-0.4, -0.2) is 21.6 Å². The standard InChI is InChI=1S/C16H15N3OS2/c1-11-5-6-13-14(8-11)22-16(18-13)19-15(20)10-21-9-12-4-2-3-7-17-12/h2-8H,9-10H2,1H3,(H,18,19,20). The van der Waals surface area contributed by atoms with Crippen molar-refractivity contribution in [3.05, 3.63) is 53.9 Å². The Balaban J connectivity index is 1.54. The Morgan fingerprint density at radius 2 is 2.23 bits per heavy atom. The van der Waals surface area contributed by atoms with E-state index < -0.39 is 0 Å². The van der Waals surface area contributed by atoms with Crippen LogP contribution in [0.5, 0.6) is 0 Å². The van der Waals surface area contributed by atoms with Gasteiger partial charge >= 0.3 is 0 Å². The minimum absolute atomic E-state index is 0.0308. The van der Waals surface area contributed by atoms with Gasteiger partial charge in [0, 0.05) is 11.9 Å². The summed E-state index contributed by atoms with van der Waals surface area (Å²) >= 11 is 3.05. The molecule has 0 aliphatic heterocycles. The number of hydrogen-bond acceptors (Lipinski definition) is 5. The lowest BCUT2D eigenvalue weighted by molar-refractivity contribution is -0.113. The van der Waals surface area contributed by atoms with Crippen LogP contribution >= 0.6 is 23.1 Å². The number of fused-ring (bicyclic) bond motifs is 1. The van der Waals surface area contributed by atoms with Crippen LogP contribution in [0.25, 0.3) is 10.2 Å². The monoisotopic (exact) mass is 329 g/mol. The Kier molecular flexibility index (Phi) is 4.70. The smallest absolute Gasteiger partial charge is 0.236 e. The summed E-state index contributed by atoms with van der Waals surface area (Å²) in [6.07, 6.45) is 1.76. The van der Waals surface area contributed by atoms with Gasteiger partial charge in [-0.05, 0) is 36.8 Å². The number of benzene rings is 1. The maximum atomic E-state index is 12.0. The van der Waals surface area contributed by atoms with E-state index in [9.17, 15) is 4.79 Å². The van der Waals surface area contributed by atoms with Crippen molar-refractivity contribution >= 4 is 44.4 Å². The van der Waals surface area contributed by atoms with Crippen molar-refractivity contribution < 1.29 is 4.79 Å². The van der Waals surface area contributed by atoms with Crippen molar-refractivity contribution in [3.8, 4) is 0 Å². The zero-order chi connectivity index (χ0) is 15.4. The van der Waals surface area contributed by atoms with Gasteiger partial charge in [0.15, 0.2) is 5.13 Å². The van der Waals surface area contributed by atoms with Crippen LogP contribution in [0.1, 0.15) is 11.3 Å². The van der Waals surface area contributed by atoms with Gasteiger partial charge in [-0.3, -0.25) is 9.78 Å². The first kappa shape index (κ1) is 15.0. The van der Waals surface area contributed by atoms with E-state index in [2.05, 4.69) is 21.4 Å². The molecule has 1 N–H and O–H groups in total. The van der Waals surface area contributed by atoms with E-state index in [-0.39, 0.29) is 5.91 Å². The second-order valence-electron chi connectivity index (χ2n) is 4.85. The Hall–Kier alpha value is -1.92. The highest BCUT2D eigenvalue weighted by Crippen LogP contribution is 2.26. The molecular weight excluding hydrogens is 314 g/mol. The molecule has 0 fully saturated rings. The fourth-order valence-corrected chi connectivity index (χ4v) is 3.69. The number of rotatable bonds is 5. The summed E-state index contributed by atoms with van der Waals surface area (Å²) in [5.41, 5.74) is 3.10. The van der Waals surface area contributed by atoms with Crippen LogP contribution in [0.2, 0.25) is 0 Å². The lowest BCUT2D eigenvalue weighted by Crippen LogP contribution is -2.13. The van der Waals surface area contributed by atoms with E-state index in [1.807, 2.05) is 37.3 Å². The summed E-state index contributed by atoms with van der Waals surface area (Å²) in [7, 11) is 0. The number of carbonyl (C=O) groups is 1. The molecule has 0 radical (unpaired) electrons. The van der Waals surface area contributed by atoms with Gasteiger partial charge < -0.3 is 5.32 Å². The number of aromatic nitrogens is 2. The molecule has 22 heavy (non-hydrogen) atoms. The van der Waals surface area contributed by atoms with Gasteiger partial charge in [-0.1, -0.05) is 23.5 Å². The lowest BCUT2D eigenvalue weighted by Gasteiger charge is -2.01. The summed E-state index contributed by atoms with van der Waals surface area (Å²) in [6, 6.07) is 11.9. The van der Waals surface area contributed by atoms with Gasteiger partial charge in [0.25, 0.3) is 0 Å². The highest BCUT2D eigenvalue weighted by atomic mass is 32.2. The summed E-state index contributed by atoms with van der Waals surface area (Å²) in [4.78, 5) is 20.6. The molecule has 2 heterocycles. The van der Waals surface area contributed by atoms with Crippen molar-refractivity contribution in [3.63, 3.8) is 0 Å². The molecule has 1 aromatic carbocycles. The third-order valence-corrected chi connectivity index (χ3v) is 4.90. The number of anilines is 1. The molecule has 0 unspecified atom stereocenters. The largest absolute Gasteiger partial charge is 0.301 e. The SMILES string of the molecule is Cc1ccc2nc(NC(=O)CSCc3ccccn3)sc2c1. The number of thioether (sulfide) groups is 1. The first-order valence-corrected chi connectivity index (χ1v) is 8.82. The molecule has 0 saturated carbocycles. The quantitative estimate of drug-likeness (QED) is 0.772. The van der Waals surface area contributed by atoms with Crippen molar-refractivity contribution in [2.75, 3.05) is 11.1 Å². The molecule has 0 spiro atoms. The third kappa shape index (κ3) is 3.84. The van der Waals surface area contributed by atoms with E-state index in [0.29, 0.717) is 10.9 Å². The number of thiazole rings is 1. The highest BCUT2D eigenvalue weighted by molar-refractivity contribution is 7.99. The molecule has 3 rings (SSSR count). The molecule has 2 aromatic heterocycles. The van der Waals surface area contributed by atoms with Gasteiger partial charge in [-0.15, -0.1) is 11.8 Å². The summed E-state index contributed by atoms with van der Waals surface area (Å²) in [5, 5.41) is 3.52. The fraction of sp³-hybridized carbons (Fsp3) is 0.188. The Morgan fingerprint density at radius 1 is 1.32 bits per heavy atom. The van der Waals surface area contributed by atoms with E-state index in [1.54, 1.807) is 18.0 Å².